The zero-order valence-electron chi connectivity index (χ0n) is 15.0. The summed E-state index contributed by atoms with van der Waals surface area (Å²) in [5.74, 6) is 0.591. The number of likely N-dealkylation sites (tertiary alicyclic amines) is 1. The van der Waals surface area contributed by atoms with Crippen LogP contribution in [0, 0.1) is 5.92 Å². The summed E-state index contributed by atoms with van der Waals surface area (Å²) in [5, 5.41) is 3.72. The number of rotatable bonds is 5. The van der Waals surface area contributed by atoms with Gasteiger partial charge in [0.25, 0.3) is 5.91 Å². The van der Waals surface area contributed by atoms with Gasteiger partial charge in [0.1, 0.15) is 6.26 Å². The van der Waals surface area contributed by atoms with Gasteiger partial charge in [-0.15, -0.1) is 0 Å². The second-order valence-electron chi connectivity index (χ2n) is 7.24. The maximum Gasteiger partial charge on any atom is 0.257 e. The molecular weight excluding hydrogens is 328 g/mol. The van der Waals surface area contributed by atoms with Gasteiger partial charge >= 0.3 is 0 Å². The molecule has 2 aliphatic rings. The molecule has 0 spiro atoms. The van der Waals surface area contributed by atoms with Crippen molar-refractivity contribution in [1.82, 2.24) is 10.2 Å². The summed E-state index contributed by atoms with van der Waals surface area (Å²) in [6.07, 6.45) is 6.36. The Balaban J connectivity index is 1.25. The highest BCUT2D eigenvalue weighted by molar-refractivity contribution is 5.93. The molecule has 1 aromatic heterocycles. The van der Waals surface area contributed by atoms with Crippen molar-refractivity contribution in [2.45, 2.75) is 31.4 Å². The first-order valence-electron chi connectivity index (χ1n) is 9.52. The molecule has 4 rings (SSSR count). The maximum atomic E-state index is 12.4. The lowest BCUT2D eigenvalue weighted by molar-refractivity contribution is 0.0696. The van der Waals surface area contributed by atoms with Gasteiger partial charge in [0.2, 0.25) is 0 Å². The minimum atomic E-state index is 0.0746. The summed E-state index contributed by atoms with van der Waals surface area (Å²) in [4.78, 5) is 14.3. The van der Waals surface area contributed by atoms with E-state index in [1.807, 2.05) is 11.0 Å². The van der Waals surface area contributed by atoms with E-state index < -0.39 is 0 Å². The van der Waals surface area contributed by atoms with Gasteiger partial charge in [0.05, 0.1) is 17.9 Å². The smallest absolute Gasteiger partial charge is 0.257 e. The number of ether oxygens (including phenoxy) is 1. The third-order valence-electron chi connectivity index (χ3n) is 5.56. The van der Waals surface area contributed by atoms with Crippen molar-refractivity contribution in [2.24, 2.45) is 5.92 Å². The Bertz CT molecular complexity index is 693. The van der Waals surface area contributed by atoms with Gasteiger partial charge in [-0.3, -0.25) is 4.79 Å². The number of benzene rings is 1. The molecule has 1 aromatic carbocycles. The lowest BCUT2D eigenvalue weighted by Crippen LogP contribution is -2.46. The van der Waals surface area contributed by atoms with Crippen LogP contribution >= 0.6 is 0 Å². The van der Waals surface area contributed by atoms with Crippen LogP contribution in [-0.4, -0.2) is 43.1 Å². The monoisotopic (exact) mass is 354 g/mol. The average molecular weight is 354 g/mol. The molecule has 2 saturated heterocycles. The minimum Gasteiger partial charge on any atom is -0.472 e. The van der Waals surface area contributed by atoms with E-state index in [9.17, 15) is 4.79 Å². The number of piperidine rings is 1. The van der Waals surface area contributed by atoms with Crippen LogP contribution in [0.1, 0.15) is 41.3 Å². The molecular formula is C21H26N2O3. The molecule has 2 aliphatic heterocycles. The Morgan fingerprint density at radius 1 is 1.12 bits per heavy atom. The van der Waals surface area contributed by atoms with Gasteiger partial charge in [0, 0.05) is 38.2 Å². The first kappa shape index (κ1) is 17.3. The van der Waals surface area contributed by atoms with Gasteiger partial charge in [-0.25, -0.2) is 0 Å². The van der Waals surface area contributed by atoms with Crippen LogP contribution in [0.4, 0.5) is 0 Å². The summed E-state index contributed by atoms with van der Waals surface area (Å²) in [5.41, 5.74) is 1.92. The van der Waals surface area contributed by atoms with E-state index in [0.29, 0.717) is 17.5 Å². The molecule has 0 saturated carbocycles. The number of hydrogen-bond donors (Lipinski definition) is 1. The fraction of sp³-hybridized carbons (Fsp3) is 0.476. The number of carbonyl (C=O) groups is 1. The molecule has 2 aromatic rings. The zero-order valence-corrected chi connectivity index (χ0v) is 15.0. The van der Waals surface area contributed by atoms with Gasteiger partial charge < -0.3 is 19.4 Å². The van der Waals surface area contributed by atoms with E-state index in [1.54, 1.807) is 12.3 Å². The Morgan fingerprint density at radius 2 is 1.92 bits per heavy atom. The van der Waals surface area contributed by atoms with Gasteiger partial charge in [-0.2, -0.15) is 0 Å². The second kappa shape index (κ2) is 8.06. The van der Waals surface area contributed by atoms with Crippen molar-refractivity contribution in [3.05, 3.63) is 60.1 Å². The third kappa shape index (κ3) is 3.84. The third-order valence-corrected chi connectivity index (χ3v) is 5.56. The Morgan fingerprint density at radius 3 is 2.65 bits per heavy atom. The molecule has 3 heterocycles. The van der Waals surface area contributed by atoms with E-state index in [1.165, 1.54) is 11.8 Å². The first-order valence-corrected chi connectivity index (χ1v) is 9.52. The van der Waals surface area contributed by atoms with Gasteiger partial charge in [-0.1, -0.05) is 30.3 Å². The molecule has 0 aliphatic carbocycles. The van der Waals surface area contributed by atoms with E-state index in [-0.39, 0.29) is 12.0 Å². The number of nitrogens with zero attached hydrogens (tertiary/aromatic N) is 1. The highest BCUT2D eigenvalue weighted by atomic mass is 16.5. The highest BCUT2D eigenvalue weighted by Crippen LogP contribution is 2.34. The predicted molar refractivity (Wildman–Crippen MR) is 98.9 cm³/mol. The quantitative estimate of drug-likeness (QED) is 0.895. The lowest BCUT2D eigenvalue weighted by Gasteiger charge is -2.33. The van der Waals surface area contributed by atoms with Crippen molar-refractivity contribution in [3.8, 4) is 0 Å². The second-order valence-corrected chi connectivity index (χ2v) is 7.24. The molecule has 5 heteroatoms. The van der Waals surface area contributed by atoms with Gasteiger partial charge in [0.15, 0.2) is 0 Å². The molecule has 0 bridgehead atoms. The van der Waals surface area contributed by atoms with E-state index in [0.717, 1.165) is 45.5 Å². The molecule has 1 N–H and O–H groups in total. The van der Waals surface area contributed by atoms with Crippen LogP contribution in [0.15, 0.2) is 53.3 Å². The molecule has 138 valence electrons. The van der Waals surface area contributed by atoms with Crippen molar-refractivity contribution >= 4 is 5.91 Å². The van der Waals surface area contributed by atoms with Crippen LogP contribution in [0.3, 0.4) is 0 Å². The molecule has 5 nitrogen and oxygen atoms in total. The van der Waals surface area contributed by atoms with Crippen molar-refractivity contribution in [3.63, 3.8) is 0 Å². The van der Waals surface area contributed by atoms with E-state index >= 15 is 0 Å². The number of furan rings is 1. The molecule has 0 radical (unpaired) electrons. The fourth-order valence-electron chi connectivity index (χ4n) is 4.03. The average Bonchev–Trinajstić information content (AvgIpc) is 3.39. The summed E-state index contributed by atoms with van der Waals surface area (Å²) in [7, 11) is 0. The Hall–Kier alpha value is -2.11. The fourth-order valence-corrected chi connectivity index (χ4v) is 4.03. The number of carbonyl (C=O) groups excluding carboxylic acids is 1. The number of nitrogens with one attached hydrogen (secondary N) is 1. The highest BCUT2D eigenvalue weighted by Gasteiger charge is 2.31. The molecule has 2 atom stereocenters. The molecule has 26 heavy (non-hydrogen) atoms. The maximum absolute atomic E-state index is 12.4. The summed E-state index contributed by atoms with van der Waals surface area (Å²) >= 11 is 0. The van der Waals surface area contributed by atoms with E-state index in [2.05, 4.69) is 29.6 Å². The standard InChI is InChI=1S/C21H26N2O3/c24-21(18-8-12-25-15-18)23-10-6-19(7-11-23)22-14-17-9-13-26-20(17)16-4-2-1-3-5-16/h1-5,8,12,15,17,19-20,22H,6-7,9-11,13-14H2/t17-,20-/m1/s1. The molecule has 2 fully saturated rings. The van der Waals surface area contributed by atoms with Crippen molar-refractivity contribution in [1.29, 1.82) is 0 Å². The Labute approximate surface area is 154 Å². The normalized spacial score (nSPS) is 24.1. The topological polar surface area (TPSA) is 54.7 Å². The molecule has 1 amide bonds. The van der Waals surface area contributed by atoms with Crippen LogP contribution in [0.5, 0.6) is 0 Å². The minimum absolute atomic E-state index is 0.0746. The lowest BCUT2D eigenvalue weighted by atomic mass is 9.94. The number of amides is 1. The molecule has 0 unspecified atom stereocenters. The van der Waals surface area contributed by atoms with Crippen LogP contribution < -0.4 is 5.32 Å². The SMILES string of the molecule is O=C(c1ccoc1)N1CCC(NC[C@H]2CCO[C@@H]2c2ccccc2)CC1. The van der Waals surface area contributed by atoms with Crippen LogP contribution in [0.25, 0.3) is 0 Å². The van der Waals surface area contributed by atoms with Crippen molar-refractivity contribution < 1.29 is 13.9 Å². The van der Waals surface area contributed by atoms with Crippen molar-refractivity contribution in [2.75, 3.05) is 26.2 Å². The number of hydrogen-bond acceptors (Lipinski definition) is 4. The van der Waals surface area contributed by atoms with Gasteiger partial charge in [-0.05, 0) is 30.9 Å². The van der Waals surface area contributed by atoms with Crippen LogP contribution in [-0.2, 0) is 4.74 Å². The predicted octanol–water partition coefficient (Wildman–Crippen LogP) is 3.25. The zero-order chi connectivity index (χ0) is 17.8. The van der Waals surface area contributed by atoms with Crippen LogP contribution in [0.2, 0.25) is 0 Å². The summed E-state index contributed by atoms with van der Waals surface area (Å²) in [6.45, 7) is 3.40. The summed E-state index contributed by atoms with van der Waals surface area (Å²) in [6, 6.07) is 12.7. The largest absolute Gasteiger partial charge is 0.472 e. The first-order chi connectivity index (χ1) is 12.8. The summed E-state index contributed by atoms with van der Waals surface area (Å²) < 4.78 is 11.0. The Kier molecular flexibility index (Phi) is 5.37. The van der Waals surface area contributed by atoms with E-state index in [4.69, 9.17) is 9.15 Å².